The van der Waals surface area contributed by atoms with Gasteiger partial charge in [0.2, 0.25) is 0 Å². The second-order valence-electron chi connectivity index (χ2n) is 6.19. The molecule has 1 saturated heterocycles. The molecule has 1 unspecified atom stereocenters. The standard InChI is InChI=1S/C16H24N4/c1-12(2)19-6-5-13(9-19)7-15-11-20-10-14(8-17)3-4-16(20)18-15/h3-4,10-13H,5-9,17H2,1-2H3. The largest absolute Gasteiger partial charge is 0.326 e. The number of rotatable bonds is 4. The fourth-order valence-electron chi connectivity index (χ4n) is 3.10. The lowest BCUT2D eigenvalue weighted by Gasteiger charge is -2.19. The highest BCUT2D eigenvalue weighted by molar-refractivity contribution is 5.41. The highest BCUT2D eigenvalue weighted by Crippen LogP contribution is 2.22. The topological polar surface area (TPSA) is 46.6 Å². The van der Waals surface area contributed by atoms with Crippen LogP contribution in [-0.2, 0) is 13.0 Å². The first-order valence-corrected chi connectivity index (χ1v) is 7.56. The molecule has 2 N–H and O–H groups in total. The van der Waals surface area contributed by atoms with Crippen molar-refractivity contribution in [2.75, 3.05) is 13.1 Å². The van der Waals surface area contributed by atoms with Gasteiger partial charge in [-0.3, -0.25) is 0 Å². The Morgan fingerprint density at radius 2 is 2.20 bits per heavy atom. The lowest BCUT2D eigenvalue weighted by Crippen LogP contribution is -2.28. The van der Waals surface area contributed by atoms with Gasteiger partial charge in [-0.15, -0.1) is 0 Å². The van der Waals surface area contributed by atoms with Crippen molar-refractivity contribution in [1.82, 2.24) is 14.3 Å². The van der Waals surface area contributed by atoms with E-state index in [0.29, 0.717) is 12.6 Å². The van der Waals surface area contributed by atoms with Gasteiger partial charge < -0.3 is 15.0 Å². The summed E-state index contributed by atoms with van der Waals surface area (Å²) in [4.78, 5) is 7.29. The van der Waals surface area contributed by atoms with E-state index in [1.54, 1.807) is 0 Å². The molecule has 1 aliphatic rings. The molecule has 1 atom stereocenters. The fraction of sp³-hybridized carbons (Fsp3) is 0.562. The summed E-state index contributed by atoms with van der Waals surface area (Å²) in [7, 11) is 0. The number of likely N-dealkylation sites (tertiary alicyclic amines) is 1. The monoisotopic (exact) mass is 272 g/mol. The van der Waals surface area contributed by atoms with Gasteiger partial charge in [0, 0.05) is 31.5 Å². The maximum absolute atomic E-state index is 5.68. The van der Waals surface area contributed by atoms with Crippen LogP contribution in [0.25, 0.3) is 5.65 Å². The molecule has 0 saturated carbocycles. The number of nitrogens with zero attached hydrogens (tertiary/aromatic N) is 3. The lowest BCUT2D eigenvalue weighted by molar-refractivity contribution is 0.265. The van der Waals surface area contributed by atoms with Gasteiger partial charge in [-0.1, -0.05) is 6.07 Å². The Bertz CT molecular complexity index is 587. The zero-order valence-corrected chi connectivity index (χ0v) is 12.4. The van der Waals surface area contributed by atoms with Crippen molar-refractivity contribution in [3.8, 4) is 0 Å². The molecule has 4 nitrogen and oxygen atoms in total. The predicted molar refractivity (Wildman–Crippen MR) is 81.6 cm³/mol. The van der Waals surface area contributed by atoms with Crippen LogP contribution in [0.2, 0.25) is 0 Å². The van der Waals surface area contributed by atoms with Crippen LogP contribution in [0.3, 0.4) is 0 Å². The number of hydrogen-bond donors (Lipinski definition) is 1. The first-order valence-electron chi connectivity index (χ1n) is 7.56. The van der Waals surface area contributed by atoms with Crippen LogP contribution in [0.1, 0.15) is 31.5 Å². The van der Waals surface area contributed by atoms with Crippen molar-refractivity contribution in [2.45, 2.75) is 39.3 Å². The van der Waals surface area contributed by atoms with Crippen LogP contribution in [-0.4, -0.2) is 33.4 Å². The SMILES string of the molecule is CC(C)N1CCC(Cc2cn3cc(CN)ccc3n2)C1. The minimum absolute atomic E-state index is 0.579. The molecule has 1 aliphatic heterocycles. The average molecular weight is 272 g/mol. The van der Waals surface area contributed by atoms with E-state index in [-0.39, 0.29) is 0 Å². The van der Waals surface area contributed by atoms with Gasteiger partial charge in [-0.2, -0.15) is 0 Å². The van der Waals surface area contributed by atoms with Crippen molar-refractivity contribution in [3.63, 3.8) is 0 Å². The van der Waals surface area contributed by atoms with Gasteiger partial charge in [-0.05, 0) is 50.8 Å². The van der Waals surface area contributed by atoms with Crippen LogP contribution < -0.4 is 5.73 Å². The third-order valence-electron chi connectivity index (χ3n) is 4.34. The van der Waals surface area contributed by atoms with E-state index in [1.165, 1.54) is 25.2 Å². The molecule has 0 spiro atoms. The Labute approximate surface area is 120 Å². The quantitative estimate of drug-likeness (QED) is 0.927. The molecular formula is C16H24N4. The Hall–Kier alpha value is -1.39. The smallest absolute Gasteiger partial charge is 0.136 e. The molecule has 0 bridgehead atoms. The molecule has 2 aromatic heterocycles. The molecule has 0 aliphatic carbocycles. The van der Waals surface area contributed by atoms with Crippen LogP contribution in [0, 0.1) is 5.92 Å². The minimum atomic E-state index is 0.579. The summed E-state index contributed by atoms with van der Waals surface area (Å²) >= 11 is 0. The fourth-order valence-corrected chi connectivity index (χ4v) is 3.10. The third-order valence-corrected chi connectivity index (χ3v) is 4.34. The molecule has 1 fully saturated rings. The van der Waals surface area contributed by atoms with Crippen molar-refractivity contribution in [1.29, 1.82) is 0 Å². The summed E-state index contributed by atoms with van der Waals surface area (Å²) < 4.78 is 2.10. The molecule has 2 aromatic rings. The van der Waals surface area contributed by atoms with Gasteiger partial charge in [0.05, 0.1) is 5.69 Å². The van der Waals surface area contributed by atoms with Crippen LogP contribution in [0.5, 0.6) is 0 Å². The summed E-state index contributed by atoms with van der Waals surface area (Å²) in [6, 6.07) is 4.77. The van der Waals surface area contributed by atoms with Crippen molar-refractivity contribution in [3.05, 3.63) is 35.8 Å². The average Bonchev–Trinajstić information content (AvgIpc) is 3.04. The number of aromatic nitrogens is 2. The van der Waals surface area contributed by atoms with Gasteiger partial charge in [0.25, 0.3) is 0 Å². The Morgan fingerprint density at radius 1 is 1.35 bits per heavy atom. The van der Waals surface area contributed by atoms with E-state index < -0.39 is 0 Å². The van der Waals surface area contributed by atoms with Crippen LogP contribution in [0.4, 0.5) is 0 Å². The van der Waals surface area contributed by atoms with E-state index in [9.17, 15) is 0 Å². The number of hydrogen-bond acceptors (Lipinski definition) is 3. The molecule has 4 heteroatoms. The summed E-state index contributed by atoms with van der Waals surface area (Å²) in [5.74, 6) is 0.747. The number of fused-ring (bicyclic) bond motifs is 1. The van der Waals surface area contributed by atoms with E-state index in [2.05, 4.69) is 47.7 Å². The second kappa shape index (κ2) is 5.54. The van der Waals surface area contributed by atoms with Gasteiger partial charge in [0.1, 0.15) is 5.65 Å². The summed E-state index contributed by atoms with van der Waals surface area (Å²) in [6.45, 7) is 7.57. The van der Waals surface area contributed by atoms with E-state index in [0.717, 1.165) is 23.5 Å². The summed E-state index contributed by atoms with van der Waals surface area (Å²) in [5, 5.41) is 0. The Balaban J connectivity index is 1.72. The van der Waals surface area contributed by atoms with E-state index >= 15 is 0 Å². The van der Waals surface area contributed by atoms with E-state index in [4.69, 9.17) is 10.7 Å². The lowest BCUT2D eigenvalue weighted by atomic mass is 10.0. The molecule has 108 valence electrons. The van der Waals surface area contributed by atoms with Crippen molar-refractivity contribution < 1.29 is 0 Å². The van der Waals surface area contributed by atoms with E-state index in [1.807, 2.05) is 0 Å². The second-order valence-corrected chi connectivity index (χ2v) is 6.19. The maximum Gasteiger partial charge on any atom is 0.136 e. The summed E-state index contributed by atoms with van der Waals surface area (Å²) in [5.41, 5.74) is 9.06. The van der Waals surface area contributed by atoms with Gasteiger partial charge >= 0.3 is 0 Å². The first-order chi connectivity index (χ1) is 9.65. The zero-order chi connectivity index (χ0) is 14.1. The zero-order valence-electron chi connectivity index (χ0n) is 12.4. The van der Waals surface area contributed by atoms with Crippen molar-refractivity contribution in [2.24, 2.45) is 11.7 Å². The van der Waals surface area contributed by atoms with Gasteiger partial charge in [-0.25, -0.2) is 4.98 Å². The molecule has 20 heavy (non-hydrogen) atoms. The number of pyridine rings is 1. The highest BCUT2D eigenvalue weighted by Gasteiger charge is 2.24. The Morgan fingerprint density at radius 3 is 2.90 bits per heavy atom. The first kappa shape index (κ1) is 13.6. The van der Waals surface area contributed by atoms with Crippen LogP contribution in [0.15, 0.2) is 24.5 Å². The molecule has 0 aromatic carbocycles. The minimum Gasteiger partial charge on any atom is -0.326 e. The molecule has 0 amide bonds. The van der Waals surface area contributed by atoms with Gasteiger partial charge in [0.15, 0.2) is 0 Å². The van der Waals surface area contributed by atoms with Crippen molar-refractivity contribution >= 4 is 5.65 Å². The van der Waals surface area contributed by atoms with Crippen LogP contribution >= 0.6 is 0 Å². The highest BCUT2D eigenvalue weighted by atomic mass is 15.2. The maximum atomic E-state index is 5.68. The molecule has 3 heterocycles. The third kappa shape index (κ3) is 2.72. The normalized spacial score (nSPS) is 20.3. The Kier molecular flexibility index (Phi) is 3.76. The molecule has 3 rings (SSSR count). The molecular weight excluding hydrogens is 248 g/mol. The summed E-state index contributed by atoms with van der Waals surface area (Å²) in [6.07, 6.45) is 6.62. The molecule has 0 radical (unpaired) electrons. The number of imidazole rings is 1. The number of nitrogens with two attached hydrogens (primary N) is 1. The predicted octanol–water partition coefficient (Wildman–Crippen LogP) is 2.07.